The number of hydrogen-bond acceptors (Lipinski definition) is 4. The molecule has 0 bridgehead atoms. The topological polar surface area (TPSA) is 56.7 Å². The van der Waals surface area contributed by atoms with Gasteiger partial charge in [0.2, 0.25) is 0 Å². The molecular formula is C45H28N4O. The Morgan fingerprint density at radius 1 is 0.380 bits per heavy atom. The van der Waals surface area contributed by atoms with Crippen LogP contribution in [-0.4, -0.2) is 19.5 Å². The minimum Gasteiger partial charge on any atom is -0.456 e. The molecule has 5 nitrogen and oxygen atoms in total. The summed E-state index contributed by atoms with van der Waals surface area (Å²) in [4.78, 5) is 14.9. The van der Waals surface area contributed by atoms with Gasteiger partial charge in [-0.05, 0) is 53.6 Å². The summed E-state index contributed by atoms with van der Waals surface area (Å²) >= 11 is 0. The Morgan fingerprint density at radius 3 is 1.66 bits per heavy atom. The average molecular weight is 641 g/mol. The van der Waals surface area contributed by atoms with E-state index in [2.05, 4.69) is 95.6 Å². The first-order chi connectivity index (χ1) is 24.8. The lowest BCUT2D eigenvalue weighted by Gasteiger charge is -2.11. The van der Waals surface area contributed by atoms with Gasteiger partial charge in [-0.1, -0.05) is 127 Å². The summed E-state index contributed by atoms with van der Waals surface area (Å²) in [6.07, 6.45) is 0. The first-order valence-corrected chi connectivity index (χ1v) is 16.7. The van der Waals surface area contributed by atoms with Crippen LogP contribution >= 0.6 is 0 Å². The molecule has 3 heterocycles. The van der Waals surface area contributed by atoms with Crippen molar-refractivity contribution in [3.63, 3.8) is 0 Å². The van der Waals surface area contributed by atoms with E-state index in [-0.39, 0.29) is 0 Å². The third-order valence-corrected chi connectivity index (χ3v) is 9.45. The van der Waals surface area contributed by atoms with E-state index in [9.17, 15) is 0 Å². The molecule has 0 unspecified atom stereocenters. The number of hydrogen-bond donors (Lipinski definition) is 0. The van der Waals surface area contributed by atoms with Crippen LogP contribution in [0.25, 0.3) is 94.7 Å². The standard InChI is InChI=1S/C45H28N4O/c1-4-14-29(15-5-1)33-21-12-23-37-41(33)34-20-10-11-22-36(34)49(37)38-24-13-25-40-42(38)35-28-32(26-27-39(35)50-40)45-47-43(30-16-6-2-7-17-30)46-44(48-45)31-18-8-3-9-19-31/h1-28H. The van der Waals surface area contributed by atoms with Gasteiger partial charge in [0.1, 0.15) is 11.2 Å². The highest BCUT2D eigenvalue weighted by molar-refractivity contribution is 6.18. The maximum absolute atomic E-state index is 6.52. The highest BCUT2D eigenvalue weighted by atomic mass is 16.3. The van der Waals surface area contributed by atoms with Crippen molar-refractivity contribution in [1.82, 2.24) is 19.5 Å². The number of aromatic nitrogens is 4. The molecule has 0 aliphatic heterocycles. The van der Waals surface area contributed by atoms with Gasteiger partial charge < -0.3 is 8.98 Å². The molecule has 0 radical (unpaired) electrons. The third kappa shape index (κ3) is 4.52. The fraction of sp³-hybridized carbons (Fsp3) is 0. The highest BCUT2D eigenvalue weighted by Gasteiger charge is 2.20. The lowest BCUT2D eigenvalue weighted by molar-refractivity contribution is 0.669. The number of fused-ring (bicyclic) bond motifs is 6. The lowest BCUT2D eigenvalue weighted by Crippen LogP contribution is -2.00. The second kappa shape index (κ2) is 11.4. The van der Waals surface area contributed by atoms with Crippen molar-refractivity contribution in [1.29, 1.82) is 0 Å². The minimum absolute atomic E-state index is 0.607. The molecule has 0 fully saturated rings. The zero-order valence-corrected chi connectivity index (χ0v) is 26.9. The van der Waals surface area contributed by atoms with Crippen molar-refractivity contribution < 1.29 is 4.42 Å². The number of furan rings is 1. The largest absolute Gasteiger partial charge is 0.456 e. The summed E-state index contributed by atoms with van der Waals surface area (Å²) in [7, 11) is 0. The van der Waals surface area contributed by atoms with Crippen LogP contribution in [0.2, 0.25) is 0 Å². The Bertz CT molecular complexity index is 2800. The quantitative estimate of drug-likeness (QED) is 0.188. The summed E-state index contributed by atoms with van der Waals surface area (Å²) in [5, 5.41) is 4.48. The van der Waals surface area contributed by atoms with Crippen LogP contribution in [-0.2, 0) is 0 Å². The van der Waals surface area contributed by atoms with E-state index in [4.69, 9.17) is 19.4 Å². The van der Waals surface area contributed by atoms with Gasteiger partial charge in [0.25, 0.3) is 0 Å². The Morgan fingerprint density at radius 2 is 0.960 bits per heavy atom. The normalized spacial score (nSPS) is 11.6. The SMILES string of the molecule is c1ccc(-c2nc(-c3ccccc3)nc(-c3ccc4oc5cccc(-n6c7ccccc7c7c(-c8ccccc8)cccc76)c5c4c3)n2)cc1. The van der Waals surface area contributed by atoms with E-state index < -0.39 is 0 Å². The van der Waals surface area contributed by atoms with Crippen LogP contribution in [0.15, 0.2) is 174 Å². The molecule has 5 heteroatoms. The molecule has 0 N–H and O–H groups in total. The van der Waals surface area contributed by atoms with Crippen LogP contribution in [0, 0.1) is 0 Å². The molecule has 0 amide bonds. The summed E-state index contributed by atoms with van der Waals surface area (Å²) in [5.41, 5.74) is 10.1. The maximum atomic E-state index is 6.52. The van der Waals surface area contributed by atoms with Gasteiger partial charge in [-0.15, -0.1) is 0 Å². The van der Waals surface area contributed by atoms with Gasteiger partial charge in [-0.2, -0.15) is 0 Å². The van der Waals surface area contributed by atoms with Crippen molar-refractivity contribution in [3.05, 3.63) is 170 Å². The summed E-state index contributed by atoms with van der Waals surface area (Å²) in [6.45, 7) is 0. The summed E-state index contributed by atoms with van der Waals surface area (Å²) in [5.74, 6) is 1.87. The minimum atomic E-state index is 0.607. The molecule has 0 saturated carbocycles. The van der Waals surface area contributed by atoms with E-state index in [0.29, 0.717) is 17.5 Å². The molecule has 10 aromatic rings. The predicted molar refractivity (Wildman–Crippen MR) is 203 cm³/mol. The van der Waals surface area contributed by atoms with Crippen LogP contribution in [0.1, 0.15) is 0 Å². The van der Waals surface area contributed by atoms with Gasteiger partial charge in [0.05, 0.1) is 22.1 Å². The van der Waals surface area contributed by atoms with Crippen molar-refractivity contribution in [2.75, 3.05) is 0 Å². The monoisotopic (exact) mass is 640 g/mol. The maximum Gasteiger partial charge on any atom is 0.164 e. The first kappa shape index (κ1) is 28.2. The predicted octanol–water partition coefficient (Wildman–Crippen LogP) is 11.5. The van der Waals surface area contributed by atoms with E-state index in [1.54, 1.807) is 0 Å². The van der Waals surface area contributed by atoms with Gasteiger partial charge in [-0.25, -0.2) is 15.0 Å². The zero-order chi connectivity index (χ0) is 33.0. The Labute approximate surface area is 287 Å². The number of para-hydroxylation sites is 1. The van der Waals surface area contributed by atoms with Crippen LogP contribution in [0.4, 0.5) is 0 Å². The van der Waals surface area contributed by atoms with Gasteiger partial charge >= 0.3 is 0 Å². The smallest absolute Gasteiger partial charge is 0.164 e. The van der Waals surface area contributed by atoms with Crippen molar-refractivity contribution in [2.24, 2.45) is 0 Å². The zero-order valence-electron chi connectivity index (χ0n) is 26.9. The molecule has 0 atom stereocenters. The van der Waals surface area contributed by atoms with Gasteiger partial charge in [-0.3, -0.25) is 0 Å². The first-order valence-electron chi connectivity index (χ1n) is 16.7. The molecule has 0 saturated heterocycles. The van der Waals surface area contributed by atoms with Gasteiger partial charge in [0, 0.05) is 32.8 Å². The van der Waals surface area contributed by atoms with E-state index in [1.807, 2.05) is 78.9 Å². The molecule has 0 aliphatic rings. The van der Waals surface area contributed by atoms with E-state index >= 15 is 0 Å². The number of benzene rings is 7. The highest BCUT2D eigenvalue weighted by Crippen LogP contribution is 2.42. The fourth-order valence-electron chi connectivity index (χ4n) is 7.21. The average Bonchev–Trinajstić information content (AvgIpc) is 3.74. The third-order valence-electron chi connectivity index (χ3n) is 9.45. The van der Waals surface area contributed by atoms with Crippen molar-refractivity contribution >= 4 is 43.7 Å². The van der Waals surface area contributed by atoms with E-state index in [1.165, 1.54) is 21.9 Å². The second-order valence-corrected chi connectivity index (χ2v) is 12.4. The van der Waals surface area contributed by atoms with Crippen LogP contribution < -0.4 is 0 Å². The second-order valence-electron chi connectivity index (χ2n) is 12.4. The fourth-order valence-corrected chi connectivity index (χ4v) is 7.21. The molecule has 234 valence electrons. The molecule has 3 aromatic heterocycles. The molecule has 10 rings (SSSR count). The summed E-state index contributed by atoms with van der Waals surface area (Å²) < 4.78 is 8.90. The Hall–Kier alpha value is -6.85. The van der Waals surface area contributed by atoms with Crippen LogP contribution in [0.5, 0.6) is 0 Å². The summed E-state index contributed by atoms with van der Waals surface area (Å²) in [6, 6.07) is 58.5. The number of rotatable bonds is 5. The van der Waals surface area contributed by atoms with Crippen molar-refractivity contribution in [2.45, 2.75) is 0 Å². The molecule has 0 spiro atoms. The van der Waals surface area contributed by atoms with Gasteiger partial charge in [0.15, 0.2) is 17.5 Å². The van der Waals surface area contributed by atoms with Crippen LogP contribution in [0.3, 0.4) is 0 Å². The molecule has 0 aliphatic carbocycles. The number of nitrogens with zero attached hydrogens (tertiary/aromatic N) is 4. The lowest BCUT2D eigenvalue weighted by atomic mass is 9.99. The molecule has 50 heavy (non-hydrogen) atoms. The van der Waals surface area contributed by atoms with Crippen molar-refractivity contribution in [3.8, 4) is 51.0 Å². The molecule has 7 aromatic carbocycles. The molecular weight excluding hydrogens is 613 g/mol. The Kier molecular flexibility index (Phi) is 6.42. The van der Waals surface area contributed by atoms with E-state index in [0.717, 1.165) is 55.3 Å². The Balaban J connectivity index is 1.22.